The summed E-state index contributed by atoms with van der Waals surface area (Å²) in [5.74, 6) is 0.240. The van der Waals surface area contributed by atoms with Gasteiger partial charge < -0.3 is 10.0 Å². The first-order valence-electron chi connectivity index (χ1n) is 8.63. The van der Waals surface area contributed by atoms with Gasteiger partial charge in [0.25, 0.3) is 0 Å². The SMILES string of the molecule is CN1C2=C(C(=O)CCC2)C(c2ccc(O)cc2)C2=C1CCCC2=O. The first-order valence-corrected chi connectivity index (χ1v) is 8.63. The number of aromatic hydroxyl groups is 1. The Balaban J connectivity index is 1.94. The topological polar surface area (TPSA) is 57.6 Å². The van der Waals surface area contributed by atoms with E-state index in [1.165, 1.54) is 0 Å². The Hall–Kier alpha value is -2.36. The van der Waals surface area contributed by atoms with E-state index >= 15 is 0 Å². The quantitative estimate of drug-likeness (QED) is 0.860. The van der Waals surface area contributed by atoms with Gasteiger partial charge in [-0.2, -0.15) is 0 Å². The van der Waals surface area contributed by atoms with Crippen molar-refractivity contribution in [2.45, 2.75) is 44.4 Å². The molecular formula is C20H21NO3. The second-order valence-corrected chi connectivity index (χ2v) is 6.86. The molecular weight excluding hydrogens is 302 g/mol. The Bertz CT molecular complexity index is 742. The molecule has 0 amide bonds. The average molecular weight is 323 g/mol. The van der Waals surface area contributed by atoms with Crippen LogP contribution in [0.15, 0.2) is 46.8 Å². The number of hydrogen-bond acceptors (Lipinski definition) is 4. The molecule has 0 atom stereocenters. The van der Waals surface area contributed by atoms with E-state index in [9.17, 15) is 14.7 Å². The minimum Gasteiger partial charge on any atom is -0.508 e. The molecule has 0 spiro atoms. The molecule has 4 nitrogen and oxygen atoms in total. The van der Waals surface area contributed by atoms with E-state index < -0.39 is 0 Å². The van der Waals surface area contributed by atoms with Crippen LogP contribution < -0.4 is 0 Å². The third-order valence-corrected chi connectivity index (χ3v) is 5.47. The number of hydrogen-bond donors (Lipinski definition) is 1. The van der Waals surface area contributed by atoms with Crippen LogP contribution in [0.5, 0.6) is 5.75 Å². The van der Waals surface area contributed by atoms with E-state index in [0.717, 1.165) is 53.8 Å². The molecule has 1 heterocycles. The molecule has 2 aliphatic carbocycles. The predicted octanol–water partition coefficient (Wildman–Crippen LogP) is 3.44. The second-order valence-electron chi connectivity index (χ2n) is 6.86. The van der Waals surface area contributed by atoms with Gasteiger partial charge in [-0.25, -0.2) is 0 Å². The molecule has 1 aromatic carbocycles. The summed E-state index contributed by atoms with van der Waals surface area (Å²) in [6, 6.07) is 6.94. The number of carbonyl (C=O) groups is 2. The Morgan fingerprint density at radius 1 is 0.875 bits per heavy atom. The minimum absolute atomic E-state index is 0.158. The lowest BCUT2D eigenvalue weighted by molar-refractivity contribution is -0.117. The zero-order valence-corrected chi connectivity index (χ0v) is 13.8. The van der Waals surface area contributed by atoms with Crippen molar-refractivity contribution in [2.24, 2.45) is 0 Å². The predicted molar refractivity (Wildman–Crippen MR) is 90.4 cm³/mol. The number of phenolic OH excluding ortho intramolecular Hbond substituents is 1. The highest BCUT2D eigenvalue weighted by Crippen LogP contribution is 2.48. The summed E-state index contributed by atoms with van der Waals surface area (Å²) in [6.45, 7) is 0. The lowest BCUT2D eigenvalue weighted by Gasteiger charge is -2.42. The van der Waals surface area contributed by atoms with Crippen LogP contribution in [0.2, 0.25) is 0 Å². The van der Waals surface area contributed by atoms with E-state index in [0.29, 0.717) is 12.8 Å². The normalized spacial score (nSPS) is 22.0. The highest BCUT2D eigenvalue weighted by Gasteiger charge is 2.42. The Morgan fingerprint density at radius 3 is 1.88 bits per heavy atom. The molecule has 1 aromatic rings. The molecule has 3 aliphatic rings. The maximum absolute atomic E-state index is 12.7. The molecule has 4 rings (SSSR count). The van der Waals surface area contributed by atoms with Crippen molar-refractivity contribution in [1.82, 2.24) is 4.90 Å². The molecule has 0 bridgehead atoms. The fourth-order valence-electron chi connectivity index (χ4n) is 4.35. The highest BCUT2D eigenvalue weighted by atomic mass is 16.3. The monoisotopic (exact) mass is 323 g/mol. The largest absolute Gasteiger partial charge is 0.508 e. The molecule has 0 fully saturated rings. The van der Waals surface area contributed by atoms with E-state index in [-0.39, 0.29) is 23.2 Å². The highest BCUT2D eigenvalue weighted by molar-refractivity contribution is 6.06. The van der Waals surface area contributed by atoms with Gasteiger partial charge in [-0.15, -0.1) is 0 Å². The van der Waals surface area contributed by atoms with Gasteiger partial charge in [-0.1, -0.05) is 12.1 Å². The summed E-state index contributed by atoms with van der Waals surface area (Å²) in [5, 5.41) is 9.60. The molecule has 1 N–H and O–H groups in total. The van der Waals surface area contributed by atoms with Crippen LogP contribution in [-0.4, -0.2) is 28.6 Å². The molecule has 0 unspecified atom stereocenters. The summed E-state index contributed by atoms with van der Waals surface area (Å²) >= 11 is 0. The van der Waals surface area contributed by atoms with Crippen molar-refractivity contribution in [1.29, 1.82) is 0 Å². The lowest BCUT2D eigenvalue weighted by Crippen LogP contribution is -2.37. The van der Waals surface area contributed by atoms with Crippen molar-refractivity contribution in [3.05, 3.63) is 52.4 Å². The maximum Gasteiger partial charge on any atom is 0.161 e. The third-order valence-electron chi connectivity index (χ3n) is 5.47. The van der Waals surface area contributed by atoms with Gasteiger partial charge in [0.2, 0.25) is 0 Å². The Kier molecular flexibility index (Phi) is 3.56. The summed E-state index contributed by atoms with van der Waals surface area (Å²) in [7, 11) is 1.99. The molecule has 0 aromatic heterocycles. The van der Waals surface area contributed by atoms with E-state index in [1.807, 2.05) is 19.2 Å². The van der Waals surface area contributed by atoms with Crippen LogP contribution in [0.25, 0.3) is 0 Å². The average Bonchev–Trinajstić information content (AvgIpc) is 2.58. The third kappa shape index (κ3) is 2.20. The van der Waals surface area contributed by atoms with Crippen LogP contribution in [-0.2, 0) is 9.59 Å². The lowest BCUT2D eigenvalue weighted by atomic mass is 9.71. The van der Waals surface area contributed by atoms with Crippen LogP contribution >= 0.6 is 0 Å². The molecule has 0 saturated heterocycles. The van der Waals surface area contributed by atoms with Crippen molar-refractivity contribution >= 4 is 11.6 Å². The summed E-state index contributed by atoms with van der Waals surface area (Å²) in [6.07, 6.45) is 4.63. The van der Waals surface area contributed by atoms with E-state index in [2.05, 4.69) is 4.90 Å². The number of phenols is 1. The minimum atomic E-state index is -0.271. The summed E-state index contributed by atoms with van der Waals surface area (Å²) in [5.41, 5.74) is 4.67. The molecule has 1 aliphatic heterocycles. The van der Waals surface area contributed by atoms with Crippen LogP contribution in [0.4, 0.5) is 0 Å². The molecule has 0 saturated carbocycles. The first kappa shape index (κ1) is 15.2. The number of ketones is 2. The molecule has 124 valence electrons. The molecule has 4 heteroatoms. The summed E-state index contributed by atoms with van der Waals surface area (Å²) in [4.78, 5) is 27.6. The van der Waals surface area contributed by atoms with Crippen LogP contribution in [0, 0.1) is 0 Å². The van der Waals surface area contributed by atoms with E-state index in [4.69, 9.17) is 0 Å². The number of carbonyl (C=O) groups excluding carboxylic acids is 2. The zero-order valence-electron chi connectivity index (χ0n) is 13.8. The Labute approximate surface area is 141 Å². The van der Waals surface area contributed by atoms with Crippen molar-refractivity contribution in [3.8, 4) is 5.75 Å². The fourth-order valence-corrected chi connectivity index (χ4v) is 4.35. The molecule has 0 radical (unpaired) electrons. The number of Topliss-reactive ketones (excluding diaryl/α,β-unsaturated/α-hetero) is 2. The van der Waals surface area contributed by atoms with Gasteiger partial charge in [0.15, 0.2) is 11.6 Å². The van der Waals surface area contributed by atoms with Gasteiger partial charge in [-0.05, 0) is 43.4 Å². The number of benzene rings is 1. The number of nitrogens with zero attached hydrogens (tertiary/aromatic N) is 1. The van der Waals surface area contributed by atoms with Gasteiger partial charge in [0.1, 0.15) is 5.75 Å². The van der Waals surface area contributed by atoms with Gasteiger partial charge in [0, 0.05) is 48.3 Å². The number of rotatable bonds is 1. The van der Waals surface area contributed by atoms with Crippen molar-refractivity contribution in [2.75, 3.05) is 7.05 Å². The first-order chi connectivity index (χ1) is 11.6. The van der Waals surface area contributed by atoms with E-state index in [1.54, 1.807) is 12.1 Å². The van der Waals surface area contributed by atoms with Gasteiger partial charge in [0.05, 0.1) is 0 Å². The molecule has 24 heavy (non-hydrogen) atoms. The second kappa shape index (κ2) is 5.62. The fraction of sp³-hybridized carbons (Fsp3) is 0.400. The Morgan fingerprint density at radius 2 is 1.38 bits per heavy atom. The zero-order chi connectivity index (χ0) is 16.8. The van der Waals surface area contributed by atoms with Crippen LogP contribution in [0.1, 0.15) is 50.0 Å². The maximum atomic E-state index is 12.7. The van der Waals surface area contributed by atoms with Crippen molar-refractivity contribution in [3.63, 3.8) is 0 Å². The standard InChI is InChI=1S/C20H21NO3/c1-21-14-4-2-6-16(23)19(14)18(12-8-10-13(22)11-9-12)20-15(21)5-3-7-17(20)24/h8-11,18,22H,2-7H2,1H3. The summed E-state index contributed by atoms with van der Waals surface area (Å²) < 4.78 is 0. The van der Waals surface area contributed by atoms with Gasteiger partial charge in [-0.3, -0.25) is 9.59 Å². The van der Waals surface area contributed by atoms with Crippen LogP contribution in [0.3, 0.4) is 0 Å². The van der Waals surface area contributed by atoms with Gasteiger partial charge >= 0.3 is 0 Å². The smallest absolute Gasteiger partial charge is 0.161 e. The van der Waals surface area contributed by atoms with Crippen molar-refractivity contribution < 1.29 is 14.7 Å². The number of allylic oxidation sites excluding steroid dienone is 4.